The van der Waals surface area contributed by atoms with Crippen molar-refractivity contribution in [2.75, 3.05) is 19.6 Å². The van der Waals surface area contributed by atoms with E-state index in [2.05, 4.69) is 5.32 Å². The topological polar surface area (TPSA) is 82.8 Å². The third kappa shape index (κ3) is 4.14. The highest BCUT2D eigenvalue weighted by molar-refractivity contribution is 5.95. The molecule has 2 N–H and O–H groups in total. The molecular weight excluding hydrogens is 332 g/mol. The highest BCUT2D eigenvalue weighted by atomic mass is 16.3. The number of aliphatic hydroxyl groups excluding tert-OH is 1. The van der Waals surface area contributed by atoms with Gasteiger partial charge in [0.05, 0.1) is 12.4 Å². The van der Waals surface area contributed by atoms with Gasteiger partial charge in [0.25, 0.3) is 5.91 Å². The number of rotatable bonds is 5. The summed E-state index contributed by atoms with van der Waals surface area (Å²) in [6.07, 6.45) is 2.05. The first kappa shape index (κ1) is 18.2. The summed E-state index contributed by atoms with van der Waals surface area (Å²) in [5, 5.41) is 13.2. The van der Waals surface area contributed by atoms with Crippen LogP contribution in [0.15, 0.2) is 47.1 Å². The Bertz CT molecular complexity index is 757. The number of furan rings is 1. The predicted octanol–water partition coefficient (Wildman–Crippen LogP) is 2.30. The zero-order chi connectivity index (χ0) is 18.5. The van der Waals surface area contributed by atoms with E-state index in [4.69, 9.17) is 4.42 Å². The molecule has 6 nitrogen and oxygen atoms in total. The van der Waals surface area contributed by atoms with Crippen LogP contribution < -0.4 is 5.32 Å². The molecule has 6 heteroatoms. The Morgan fingerprint density at radius 2 is 2.15 bits per heavy atom. The molecular formula is C20H24N2O4. The number of hydrogen-bond donors (Lipinski definition) is 2. The fourth-order valence-corrected chi connectivity index (χ4v) is 3.20. The van der Waals surface area contributed by atoms with E-state index >= 15 is 0 Å². The van der Waals surface area contributed by atoms with E-state index in [-0.39, 0.29) is 24.3 Å². The summed E-state index contributed by atoms with van der Waals surface area (Å²) in [5.41, 5.74) is 1.42. The summed E-state index contributed by atoms with van der Waals surface area (Å²) in [5.74, 6) is 0.563. The van der Waals surface area contributed by atoms with E-state index in [1.807, 2.05) is 24.3 Å². The number of β-amino-alcohol motifs (C(OH)–C–C–N with tert-alkyl or cyclic N) is 1. The van der Waals surface area contributed by atoms with Crippen LogP contribution in [0.4, 0.5) is 0 Å². The number of hydrogen-bond acceptors (Lipinski definition) is 4. The normalized spacial score (nSPS) is 20.0. The van der Waals surface area contributed by atoms with E-state index < -0.39 is 6.10 Å². The molecule has 1 aromatic carbocycles. The lowest BCUT2D eigenvalue weighted by Crippen LogP contribution is -2.49. The van der Waals surface area contributed by atoms with Crippen molar-refractivity contribution in [3.8, 4) is 11.3 Å². The lowest BCUT2D eigenvalue weighted by atomic mass is 9.93. The summed E-state index contributed by atoms with van der Waals surface area (Å²) in [7, 11) is 0. The van der Waals surface area contributed by atoms with Gasteiger partial charge >= 0.3 is 0 Å². The van der Waals surface area contributed by atoms with Gasteiger partial charge in [-0.15, -0.1) is 0 Å². The zero-order valence-electron chi connectivity index (χ0n) is 14.9. The Balaban J connectivity index is 1.63. The van der Waals surface area contributed by atoms with Gasteiger partial charge in [0.2, 0.25) is 5.91 Å². The van der Waals surface area contributed by atoms with Crippen molar-refractivity contribution in [2.24, 2.45) is 5.92 Å². The largest absolute Gasteiger partial charge is 0.464 e. The van der Waals surface area contributed by atoms with Gasteiger partial charge in [-0.3, -0.25) is 9.59 Å². The number of likely N-dealkylation sites (tertiary alicyclic amines) is 1. The molecule has 0 unspecified atom stereocenters. The van der Waals surface area contributed by atoms with E-state index in [0.717, 1.165) is 5.56 Å². The minimum absolute atomic E-state index is 0.0227. The second-order valence-electron chi connectivity index (χ2n) is 6.58. The van der Waals surface area contributed by atoms with E-state index in [1.165, 1.54) is 0 Å². The predicted molar refractivity (Wildman–Crippen MR) is 97.5 cm³/mol. The average Bonchev–Trinajstić information content (AvgIpc) is 3.21. The molecule has 1 aromatic heterocycles. The maximum absolute atomic E-state index is 12.8. The molecule has 0 radical (unpaired) electrons. The Morgan fingerprint density at radius 3 is 2.85 bits per heavy atom. The summed E-state index contributed by atoms with van der Waals surface area (Å²) < 4.78 is 5.39. The van der Waals surface area contributed by atoms with Gasteiger partial charge in [-0.25, -0.2) is 0 Å². The summed E-state index contributed by atoms with van der Waals surface area (Å²) >= 11 is 0. The molecule has 0 aliphatic carbocycles. The minimum Gasteiger partial charge on any atom is -0.464 e. The van der Waals surface area contributed by atoms with Crippen LogP contribution in [0, 0.1) is 5.92 Å². The van der Waals surface area contributed by atoms with Crippen LogP contribution in [0.1, 0.15) is 30.1 Å². The molecule has 2 atom stereocenters. The van der Waals surface area contributed by atoms with Gasteiger partial charge in [-0.05, 0) is 30.7 Å². The van der Waals surface area contributed by atoms with Crippen LogP contribution in [0.3, 0.4) is 0 Å². The van der Waals surface area contributed by atoms with Crippen molar-refractivity contribution in [3.63, 3.8) is 0 Å². The van der Waals surface area contributed by atoms with Crippen molar-refractivity contribution in [1.82, 2.24) is 10.2 Å². The smallest absolute Gasteiger partial charge is 0.253 e. The standard InChI is InChI=1S/C20H24N2O4/c1-2-19(24)21-12-16-8-9-22(13-17(16)23)20(25)15-6-3-5-14(11-15)18-7-4-10-26-18/h3-7,10-11,16-17,23H,2,8-9,12-13H2,1H3,(H,21,24)/t16-,17+/m0/s1. The van der Waals surface area contributed by atoms with E-state index in [0.29, 0.717) is 37.3 Å². The fraction of sp³-hybridized carbons (Fsp3) is 0.400. The average molecular weight is 356 g/mol. The van der Waals surface area contributed by atoms with Crippen LogP contribution in [0.5, 0.6) is 0 Å². The molecule has 1 aliphatic rings. The zero-order valence-corrected chi connectivity index (χ0v) is 14.9. The molecule has 0 bridgehead atoms. The monoisotopic (exact) mass is 356 g/mol. The summed E-state index contributed by atoms with van der Waals surface area (Å²) in [6.45, 7) is 3.08. The number of benzene rings is 1. The molecule has 2 aromatic rings. The van der Waals surface area contributed by atoms with Crippen molar-refractivity contribution >= 4 is 11.8 Å². The summed E-state index contributed by atoms with van der Waals surface area (Å²) in [4.78, 5) is 25.9. The number of piperidine rings is 1. The van der Waals surface area contributed by atoms with Crippen molar-refractivity contribution in [1.29, 1.82) is 0 Å². The van der Waals surface area contributed by atoms with Gasteiger partial charge in [-0.2, -0.15) is 0 Å². The van der Waals surface area contributed by atoms with Crippen molar-refractivity contribution in [3.05, 3.63) is 48.2 Å². The fourth-order valence-electron chi connectivity index (χ4n) is 3.20. The molecule has 1 saturated heterocycles. The third-order valence-electron chi connectivity index (χ3n) is 4.81. The van der Waals surface area contributed by atoms with Gasteiger partial charge in [-0.1, -0.05) is 19.1 Å². The highest BCUT2D eigenvalue weighted by Crippen LogP contribution is 2.23. The molecule has 26 heavy (non-hydrogen) atoms. The first-order valence-electron chi connectivity index (χ1n) is 8.96. The molecule has 0 spiro atoms. The molecule has 0 saturated carbocycles. The molecule has 1 aliphatic heterocycles. The van der Waals surface area contributed by atoms with Gasteiger partial charge < -0.3 is 19.7 Å². The second-order valence-corrected chi connectivity index (χ2v) is 6.58. The Morgan fingerprint density at radius 1 is 1.31 bits per heavy atom. The number of aliphatic hydroxyl groups is 1. The van der Waals surface area contributed by atoms with Crippen LogP contribution >= 0.6 is 0 Å². The quantitative estimate of drug-likeness (QED) is 0.861. The Hall–Kier alpha value is -2.60. The van der Waals surface area contributed by atoms with Crippen LogP contribution in [0.25, 0.3) is 11.3 Å². The molecule has 2 amide bonds. The number of carbonyl (C=O) groups excluding carboxylic acids is 2. The Kier molecular flexibility index (Phi) is 5.73. The summed E-state index contributed by atoms with van der Waals surface area (Å²) in [6, 6.07) is 11.0. The van der Waals surface area contributed by atoms with Gasteiger partial charge in [0.1, 0.15) is 5.76 Å². The second kappa shape index (κ2) is 8.19. The number of carbonyl (C=O) groups is 2. The first-order valence-corrected chi connectivity index (χ1v) is 8.96. The Labute approximate surface area is 152 Å². The van der Waals surface area contributed by atoms with E-state index in [1.54, 1.807) is 30.2 Å². The lowest BCUT2D eigenvalue weighted by molar-refractivity contribution is -0.121. The molecule has 2 heterocycles. The maximum atomic E-state index is 12.8. The first-order chi connectivity index (χ1) is 12.6. The molecule has 1 fully saturated rings. The molecule has 138 valence electrons. The van der Waals surface area contributed by atoms with Crippen molar-refractivity contribution < 1.29 is 19.1 Å². The van der Waals surface area contributed by atoms with Crippen LogP contribution in [-0.4, -0.2) is 47.6 Å². The number of nitrogens with one attached hydrogen (secondary N) is 1. The third-order valence-corrected chi connectivity index (χ3v) is 4.81. The maximum Gasteiger partial charge on any atom is 0.253 e. The number of nitrogens with zero attached hydrogens (tertiary/aromatic N) is 1. The van der Waals surface area contributed by atoms with E-state index in [9.17, 15) is 14.7 Å². The van der Waals surface area contributed by atoms with Crippen LogP contribution in [0.2, 0.25) is 0 Å². The van der Waals surface area contributed by atoms with Gasteiger partial charge in [0.15, 0.2) is 0 Å². The SMILES string of the molecule is CCC(=O)NC[C@@H]1CCN(C(=O)c2cccc(-c3ccco3)c2)C[C@H]1O. The van der Waals surface area contributed by atoms with Crippen molar-refractivity contribution in [2.45, 2.75) is 25.9 Å². The van der Waals surface area contributed by atoms with Gasteiger partial charge in [0, 0.05) is 43.1 Å². The lowest BCUT2D eigenvalue weighted by Gasteiger charge is -2.36. The number of amides is 2. The molecule has 3 rings (SSSR count). The minimum atomic E-state index is -0.641. The highest BCUT2D eigenvalue weighted by Gasteiger charge is 2.30. The van der Waals surface area contributed by atoms with Crippen LogP contribution in [-0.2, 0) is 4.79 Å².